The van der Waals surface area contributed by atoms with Crippen molar-refractivity contribution in [2.45, 2.75) is 6.92 Å². The molecule has 2 rings (SSSR count). The molecule has 0 aliphatic rings. The summed E-state index contributed by atoms with van der Waals surface area (Å²) in [7, 11) is 0. The molecule has 0 aliphatic heterocycles. The molecule has 1 aromatic carbocycles. The molecular weight excluding hydrogens is 218 g/mol. The maximum atomic E-state index is 11.1. The van der Waals surface area contributed by atoms with Gasteiger partial charge in [-0.25, -0.2) is 9.78 Å². The van der Waals surface area contributed by atoms with Crippen molar-refractivity contribution < 1.29 is 8.98 Å². The topological polar surface area (TPSA) is 39.2 Å². The standard InChI is InChI=1S/C9H7NO2S2/c1-5-10-7-3-2-6(9(11)12-13)4-8(7)14-5/h2-4,13H,1H3. The number of carbonyl (C=O) groups is 1. The van der Waals surface area contributed by atoms with Crippen molar-refractivity contribution in [2.24, 2.45) is 0 Å². The van der Waals surface area contributed by atoms with E-state index in [1.165, 1.54) is 0 Å². The van der Waals surface area contributed by atoms with Crippen LogP contribution in [0.25, 0.3) is 10.2 Å². The number of hydrogen-bond acceptors (Lipinski definition) is 5. The van der Waals surface area contributed by atoms with Gasteiger partial charge in [0.25, 0.3) is 0 Å². The van der Waals surface area contributed by atoms with Crippen LogP contribution in [0.4, 0.5) is 0 Å². The normalized spacial score (nSPS) is 10.4. The number of aryl methyl sites for hydroxylation is 1. The first-order valence-electron chi connectivity index (χ1n) is 3.93. The highest BCUT2D eigenvalue weighted by Crippen LogP contribution is 2.22. The van der Waals surface area contributed by atoms with E-state index in [2.05, 4.69) is 22.1 Å². The quantitative estimate of drug-likeness (QED) is 0.599. The minimum atomic E-state index is -0.443. The van der Waals surface area contributed by atoms with Crippen molar-refractivity contribution >= 4 is 40.4 Å². The fraction of sp³-hybridized carbons (Fsp3) is 0.111. The number of hydrogen-bond donors (Lipinski definition) is 1. The second kappa shape index (κ2) is 3.59. The zero-order chi connectivity index (χ0) is 10.1. The molecule has 72 valence electrons. The second-order valence-electron chi connectivity index (χ2n) is 2.79. The lowest BCUT2D eigenvalue weighted by atomic mass is 10.2. The highest BCUT2D eigenvalue weighted by atomic mass is 32.1. The third-order valence-electron chi connectivity index (χ3n) is 1.81. The summed E-state index contributed by atoms with van der Waals surface area (Å²) in [6.45, 7) is 1.93. The maximum Gasteiger partial charge on any atom is 0.349 e. The molecule has 0 amide bonds. The molecule has 2 aromatic rings. The zero-order valence-electron chi connectivity index (χ0n) is 7.35. The first-order chi connectivity index (χ1) is 6.70. The van der Waals surface area contributed by atoms with Crippen LogP contribution in [0.3, 0.4) is 0 Å². The summed E-state index contributed by atoms with van der Waals surface area (Å²) >= 11 is 5.01. The molecule has 0 aliphatic carbocycles. The van der Waals surface area contributed by atoms with Gasteiger partial charge in [-0.3, -0.25) is 0 Å². The number of thiol groups is 1. The fourth-order valence-corrected chi connectivity index (χ4v) is 2.19. The number of fused-ring (bicyclic) bond motifs is 1. The van der Waals surface area contributed by atoms with Crippen LogP contribution in [0.2, 0.25) is 0 Å². The summed E-state index contributed by atoms with van der Waals surface area (Å²) < 4.78 is 5.32. The largest absolute Gasteiger partial charge is 0.391 e. The Morgan fingerprint density at radius 1 is 1.57 bits per heavy atom. The lowest BCUT2D eigenvalue weighted by molar-refractivity contribution is 0.0772. The van der Waals surface area contributed by atoms with Gasteiger partial charge in [0.05, 0.1) is 20.8 Å². The highest BCUT2D eigenvalue weighted by molar-refractivity contribution is 7.75. The van der Waals surface area contributed by atoms with Crippen molar-refractivity contribution in [2.75, 3.05) is 0 Å². The Morgan fingerprint density at radius 3 is 3.07 bits per heavy atom. The Balaban J connectivity index is 2.55. The summed E-state index contributed by atoms with van der Waals surface area (Å²) in [4.78, 5) is 15.4. The van der Waals surface area contributed by atoms with E-state index in [4.69, 9.17) is 0 Å². The van der Waals surface area contributed by atoms with Crippen LogP contribution in [-0.4, -0.2) is 11.0 Å². The molecule has 0 fully saturated rings. The Hall–Kier alpha value is -1.07. The van der Waals surface area contributed by atoms with E-state index in [-0.39, 0.29) is 0 Å². The number of rotatable bonds is 1. The summed E-state index contributed by atoms with van der Waals surface area (Å²) in [5, 5.41) is 0.983. The lowest BCUT2D eigenvalue weighted by Crippen LogP contribution is -1.96. The minimum absolute atomic E-state index is 0.443. The number of aromatic nitrogens is 1. The maximum absolute atomic E-state index is 11.1. The Bertz CT molecular complexity index is 493. The Kier molecular flexibility index (Phi) is 2.43. The minimum Gasteiger partial charge on any atom is -0.391 e. The molecule has 0 unspecified atom stereocenters. The summed E-state index contributed by atoms with van der Waals surface area (Å²) in [5.74, 6) is -0.443. The smallest absolute Gasteiger partial charge is 0.349 e. The van der Waals surface area contributed by atoms with Gasteiger partial charge in [0, 0.05) is 12.9 Å². The van der Waals surface area contributed by atoms with E-state index in [1.807, 2.05) is 6.92 Å². The van der Waals surface area contributed by atoms with Crippen LogP contribution in [-0.2, 0) is 4.18 Å². The molecule has 0 saturated carbocycles. The second-order valence-corrected chi connectivity index (χ2v) is 4.21. The Morgan fingerprint density at radius 2 is 2.36 bits per heavy atom. The molecule has 5 heteroatoms. The zero-order valence-corrected chi connectivity index (χ0v) is 9.06. The van der Waals surface area contributed by atoms with Gasteiger partial charge in [0.2, 0.25) is 0 Å². The van der Waals surface area contributed by atoms with Crippen LogP contribution < -0.4 is 0 Å². The molecule has 1 aromatic heterocycles. The average molecular weight is 225 g/mol. The van der Waals surface area contributed by atoms with Crippen LogP contribution in [0.1, 0.15) is 15.4 Å². The van der Waals surface area contributed by atoms with Gasteiger partial charge in [0.1, 0.15) is 0 Å². The predicted octanol–water partition coefficient (Wildman–Crippen LogP) is 2.61. The molecular formula is C9H7NO2S2. The molecule has 3 nitrogen and oxygen atoms in total. The molecule has 0 bridgehead atoms. The van der Waals surface area contributed by atoms with Crippen LogP contribution in [0.15, 0.2) is 18.2 Å². The van der Waals surface area contributed by atoms with Crippen LogP contribution in [0, 0.1) is 6.92 Å². The van der Waals surface area contributed by atoms with Crippen molar-refractivity contribution in [3.63, 3.8) is 0 Å². The van der Waals surface area contributed by atoms with Crippen molar-refractivity contribution in [3.05, 3.63) is 28.8 Å². The molecule has 14 heavy (non-hydrogen) atoms. The molecule has 0 radical (unpaired) electrons. The summed E-state index contributed by atoms with van der Waals surface area (Å²) in [5.41, 5.74) is 1.40. The number of thiazole rings is 1. The van der Waals surface area contributed by atoms with Gasteiger partial charge in [-0.05, 0) is 25.1 Å². The lowest BCUT2D eigenvalue weighted by Gasteiger charge is -1.95. The summed E-state index contributed by atoms with van der Waals surface area (Å²) in [6.07, 6.45) is 0. The fourth-order valence-electron chi connectivity index (χ4n) is 1.22. The van der Waals surface area contributed by atoms with Gasteiger partial charge in [-0.15, -0.1) is 11.3 Å². The number of nitrogens with zero attached hydrogens (tertiary/aromatic N) is 1. The highest BCUT2D eigenvalue weighted by Gasteiger charge is 2.08. The predicted molar refractivity (Wildman–Crippen MR) is 58.8 cm³/mol. The molecule has 0 atom stereocenters. The van der Waals surface area contributed by atoms with Gasteiger partial charge in [0.15, 0.2) is 0 Å². The molecule has 0 spiro atoms. The van der Waals surface area contributed by atoms with E-state index in [1.54, 1.807) is 29.5 Å². The van der Waals surface area contributed by atoms with E-state index >= 15 is 0 Å². The van der Waals surface area contributed by atoms with E-state index in [9.17, 15) is 4.79 Å². The van der Waals surface area contributed by atoms with Crippen molar-refractivity contribution in [3.8, 4) is 0 Å². The number of carbonyl (C=O) groups excluding carboxylic acids is 1. The van der Waals surface area contributed by atoms with E-state index in [0.29, 0.717) is 5.56 Å². The van der Waals surface area contributed by atoms with Gasteiger partial charge in [-0.1, -0.05) is 0 Å². The van der Waals surface area contributed by atoms with Crippen molar-refractivity contribution in [1.82, 2.24) is 4.98 Å². The van der Waals surface area contributed by atoms with Gasteiger partial charge in [-0.2, -0.15) is 0 Å². The van der Waals surface area contributed by atoms with Crippen molar-refractivity contribution in [1.29, 1.82) is 0 Å². The molecule has 1 heterocycles. The Labute approximate surface area is 90.3 Å². The van der Waals surface area contributed by atoms with Crippen LogP contribution in [0.5, 0.6) is 0 Å². The van der Waals surface area contributed by atoms with Crippen LogP contribution >= 0.6 is 24.2 Å². The van der Waals surface area contributed by atoms with E-state index < -0.39 is 5.97 Å². The monoisotopic (exact) mass is 225 g/mol. The van der Waals surface area contributed by atoms with E-state index in [0.717, 1.165) is 15.2 Å². The first-order valence-corrected chi connectivity index (χ1v) is 5.12. The van der Waals surface area contributed by atoms with Gasteiger partial charge >= 0.3 is 5.97 Å². The van der Waals surface area contributed by atoms with Gasteiger partial charge < -0.3 is 4.18 Å². The molecule has 0 saturated heterocycles. The third kappa shape index (κ3) is 1.60. The summed E-state index contributed by atoms with van der Waals surface area (Å²) in [6, 6.07) is 5.25. The number of benzene rings is 1. The SMILES string of the molecule is Cc1nc2ccc(C(=O)OS)cc2s1. The third-order valence-corrected chi connectivity index (χ3v) is 2.91. The molecule has 0 N–H and O–H groups in total. The average Bonchev–Trinajstić information content (AvgIpc) is 2.55. The first kappa shape index (κ1) is 9.48.